The number of aromatic amines is 1. The number of aromatic nitrogens is 6. The number of thiazole rings is 1. The summed E-state index contributed by atoms with van der Waals surface area (Å²) in [6, 6.07) is 1.93. The number of carbonyl (C=O) groups excluding carboxylic acids is 3. The molecule has 1 aliphatic heterocycles. The Labute approximate surface area is 334 Å². The Kier molecular flexibility index (Phi) is 12.7. The highest BCUT2D eigenvalue weighted by atomic mass is 32.2. The smallest absolute Gasteiger partial charge is 0.381 e. The van der Waals surface area contributed by atoms with E-state index >= 15 is 0 Å². The van der Waals surface area contributed by atoms with Crippen molar-refractivity contribution in [3.63, 3.8) is 0 Å². The van der Waals surface area contributed by atoms with Crippen molar-refractivity contribution in [2.45, 2.75) is 56.1 Å². The summed E-state index contributed by atoms with van der Waals surface area (Å²) in [4.78, 5) is 100.0. The van der Waals surface area contributed by atoms with E-state index in [1.807, 2.05) is 0 Å². The van der Waals surface area contributed by atoms with Crippen molar-refractivity contribution < 1.29 is 48.9 Å². The lowest BCUT2D eigenvalue weighted by Gasteiger charge is -2.38. The van der Waals surface area contributed by atoms with Crippen molar-refractivity contribution in [2.75, 3.05) is 23.0 Å². The average Bonchev–Trinajstić information content (AvgIpc) is 3.93. The van der Waals surface area contributed by atoms with Crippen LogP contribution < -0.4 is 11.1 Å². The molecule has 20 nitrogen and oxygen atoms in total. The first-order valence-corrected chi connectivity index (χ1v) is 20.2. The van der Waals surface area contributed by atoms with Crippen molar-refractivity contribution in [3.05, 3.63) is 75.6 Å². The van der Waals surface area contributed by atoms with Crippen molar-refractivity contribution in [2.24, 2.45) is 5.16 Å². The molecular weight excluding hydrogens is 805 g/mol. The summed E-state index contributed by atoms with van der Waals surface area (Å²) >= 11 is 3.21. The van der Waals surface area contributed by atoms with Crippen LogP contribution in [0.25, 0.3) is 5.78 Å². The SMILES string of the molecule is Cc1cc(SC/C2=C(\C(=O)O)N(C3CCCCC/C=C\3C(=O)O)C(=O)[C@@H](NC(=O)/C(=N\OC(=O)c3ccc[nH]3)c3csc(N)n3)CSC2)n2nc(C(=O)O)nc2n1. The lowest BCUT2D eigenvalue weighted by molar-refractivity contribution is -0.143. The molecule has 0 fully saturated rings. The summed E-state index contributed by atoms with van der Waals surface area (Å²) in [5.41, 5.74) is 5.38. The minimum Gasteiger partial charge on any atom is -0.478 e. The van der Waals surface area contributed by atoms with Gasteiger partial charge in [0, 0.05) is 34.5 Å². The Morgan fingerprint density at radius 1 is 1.11 bits per heavy atom. The Balaban J connectivity index is 1.39. The summed E-state index contributed by atoms with van der Waals surface area (Å²) in [5, 5.41) is 42.9. The first-order chi connectivity index (χ1) is 27.3. The Morgan fingerprint density at radius 2 is 1.91 bits per heavy atom. The van der Waals surface area contributed by atoms with Crippen LogP contribution in [-0.2, 0) is 24.0 Å². The molecule has 0 bridgehead atoms. The van der Waals surface area contributed by atoms with E-state index in [-0.39, 0.29) is 57.1 Å². The number of allylic oxidation sites excluding steroid dienone is 1. The van der Waals surface area contributed by atoms with Crippen LogP contribution in [0, 0.1) is 6.92 Å². The van der Waals surface area contributed by atoms with Crippen LogP contribution in [0.1, 0.15) is 64.6 Å². The number of thioether (sulfide) groups is 2. The molecule has 7 N–H and O–H groups in total. The van der Waals surface area contributed by atoms with Crippen LogP contribution in [0.4, 0.5) is 5.13 Å². The molecule has 2 atom stereocenters. The third-order valence-electron chi connectivity index (χ3n) is 8.65. The third kappa shape index (κ3) is 9.32. The summed E-state index contributed by atoms with van der Waals surface area (Å²) in [5.74, 6) is -7.66. The maximum atomic E-state index is 14.8. The zero-order valence-electron chi connectivity index (χ0n) is 29.9. The molecule has 6 rings (SSSR count). The molecule has 298 valence electrons. The predicted octanol–water partition coefficient (Wildman–Crippen LogP) is 2.59. The van der Waals surface area contributed by atoms with E-state index in [1.54, 1.807) is 19.1 Å². The van der Waals surface area contributed by atoms with E-state index in [0.29, 0.717) is 36.4 Å². The molecule has 4 aromatic rings. The molecule has 0 saturated heterocycles. The molecule has 57 heavy (non-hydrogen) atoms. The van der Waals surface area contributed by atoms with E-state index in [0.717, 1.165) is 39.8 Å². The molecule has 0 saturated carbocycles. The van der Waals surface area contributed by atoms with Gasteiger partial charge in [0.25, 0.3) is 23.4 Å². The number of rotatable bonds is 12. The fraction of sp³-hybridized carbons (Fsp3) is 0.324. The van der Waals surface area contributed by atoms with Crippen molar-refractivity contribution >= 4 is 87.2 Å². The number of fused-ring (bicyclic) bond motifs is 1. The van der Waals surface area contributed by atoms with Gasteiger partial charge in [-0.3, -0.25) is 14.5 Å². The predicted molar refractivity (Wildman–Crippen MR) is 206 cm³/mol. The molecule has 2 amide bonds. The van der Waals surface area contributed by atoms with Crippen LogP contribution in [-0.4, -0.2) is 121 Å². The summed E-state index contributed by atoms with van der Waals surface area (Å²) in [7, 11) is 0. The normalized spacial score (nSPS) is 20.4. The number of hydrogen-bond donors (Lipinski definition) is 6. The summed E-state index contributed by atoms with van der Waals surface area (Å²) in [6.45, 7) is 1.67. The van der Waals surface area contributed by atoms with E-state index < -0.39 is 65.0 Å². The zero-order valence-corrected chi connectivity index (χ0v) is 32.4. The molecule has 0 spiro atoms. The maximum absolute atomic E-state index is 14.8. The van der Waals surface area contributed by atoms with E-state index in [4.69, 9.17) is 10.6 Å². The second-order valence-electron chi connectivity index (χ2n) is 12.6. The number of carboxylic acid groups (broad SMARTS) is 3. The van der Waals surface area contributed by atoms with Gasteiger partial charge in [-0.15, -0.1) is 28.2 Å². The van der Waals surface area contributed by atoms with Crippen molar-refractivity contribution in [1.29, 1.82) is 0 Å². The maximum Gasteiger partial charge on any atom is 0.381 e. The third-order valence-corrected chi connectivity index (χ3v) is 11.5. The zero-order chi connectivity index (χ0) is 40.8. The Morgan fingerprint density at radius 3 is 2.60 bits per heavy atom. The number of nitrogens with one attached hydrogen (secondary N) is 2. The van der Waals surface area contributed by atoms with Crippen LogP contribution in [0.2, 0.25) is 0 Å². The highest BCUT2D eigenvalue weighted by molar-refractivity contribution is 8.00. The monoisotopic (exact) mass is 838 g/mol. The number of hydrogen-bond acceptors (Lipinski definition) is 16. The Hall–Kier alpha value is -6.07. The fourth-order valence-electron chi connectivity index (χ4n) is 6.10. The van der Waals surface area contributed by atoms with Crippen LogP contribution in [0.5, 0.6) is 0 Å². The second kappa shape index (κ2) is 17.8. The summed E-state index contributed by atoms with van der Waals surface area (Å²) < 4.78 is 1.22. The number of oxime groups is 1. The molecule has 0 radical (unpaired) electrons. The number of aromatic carboxylic acids is 1. The number of carboxylic acids is 3. The van der Waals surface area contributed by atoms with E-state index in [1.165, 1.54) is 28.2 Å². The van der Waals surface area contributed by atoms with Crippen molar-refractivity contribution in [3.8, 4) is 0 Å². The van der Waals surface area contributed by atoms with Gasteiger partial charge in [0.1, 0.15) is 28.2 Å². The first-order valence-electron chi connectivity index (χ1n) is 17.2. The minimum absolute atomic E-state index is 0.0119. The number of carbonyl (C=O) groups is 6. The van der Waals surface area contributed by atoms with Gasteiger partial charge in [-0.1, -0.05) is 24.1 Å². The van der Waals surface area contributed by atoms with E-state index in [9.17, 15) is 44.1 Å². The number of aliphatic carboxylic acids is 2. The molecule has 4 aromatic heterocycles. The van der Waals surface area contributed by atoms with Crippen LogP contribution in [0.15, 0.2) is 62.9 Å². The minimum atomic E-state index is -1.51. The molecule has 23 heteroatoms. The highest BCUT2D eigenvalue weighted by Crippen LogP contribution is 2.33. The molecule has 2 aliphatic rings. The standard InChI is InChI=1S/C34H34N10O10S3/c1-16-11-23(44-34(37-16)40-26(41-44)31(51)52)56-13-17-12-55-14-21(28(46)43(25(17)30(49)50)22-9-5-3-2-4-7-18(22)29(47)48)38-27(45)24(20-15-57-33(35)39-20)42-54-32(53)19-8-6-10-36-19/h6-8,10-11,15,21-22,36H,2-5,9,12-14H2,1H3,(H2,35,39)(H,38,45)(H,47,48)(H,49,50)(H,51,52)/b18-7+,25-17+,42-24-/t21-,22?/m0/s1. The van der Waals surface area contributed by atoms with Gasteiger partial charge in [0.15, 0.2) is 10.8 Å². The van der Waals surface area contributed by atoms with E-state index in [2.05, 4.69) is 35.5 Å². The molecular formula is C34H34N10O10S3. The highest BCUT2D eigenvalue weighted by Gasteiger charge is 2.42. The van der Waals surface area contributed by atoms with Gasteiger partial charge in [-0.25, -0.2) is 29.1 Å². The number of anilines is 1. The number of nitrogen functional groups attached to an aromatic ring is 1. The lowest BCUT2D eigenvalue weighted by Crippen LogP contribution is -2.56. The summed E-state index contributed by atoms with van der Waals surface area (Å²) in [6.07, 6.45) is 5.33. The van der Waals surface area contributed by atoms with Crippen molar-refractivity contribution in [1.82, 2.24) is 39.8 Å². The fourth-order valence-corrected chi connectivity index (χ4v) is 8.90. The van der Waals surface area contributed by atoms with Gasteiger partial charge >= 0.3 is 23.9 Å². The number of aryl methyl sites for hydroxylation is 1. The molecule has 0 aromatic carbocycles. The number of amides is 2. The largest absolute Gasteiger partial charge is 0.478 e. The number of nitrogens with zero attached hydrogens (tertiary/aromatic N) is 7. The van der Waals surface area contributed by atoms with Gasteiger partial charge in [0.05, 0.1) is 11.6 Å². The Bertz CT molecular complexity index is 2340. The first kappa shape index (κ1) is 40.6. The van der Waals surface area contributed by atoms with Gasteiger partial charge < -0.3 is 36.2 Å². The topological polar surface area (TPSA) is 298 Å². The average molecular weight is 839 g/mol. The molecule has 5 heterocycles. The lowest BCUT2D eigenvalue weighted by atomic mass is 9.92. The van der Waals surface area contributed by atoms with Crippen LogP contribution >= 0.6 is 34.9 Å². The van der Waals surface area contributed by atoms with Gasteiger partial charge in [0.2, 0.25) is 0 Å². The number of H-pyrrole nitrogens is 1. The van der Waals surface area contributed by atoms with Crippen LogP contribution in [0.3, 0.4) is 0 Å². The molecule has 1 unspecified atom stereocenters. The van der Waals surface area contributed by atoms with Gasteiger partial charge in [-0.2, -0.15) is 21.3 Å². The van der Waals surface area contributed by atoms with Gasteiger partial charge in [-0.05, 0) is 50.0 Å². The molecule has 1 aliphatic carbocycles. The second-order valence-corrected chi connectivity index (χ2v) is 15.5. The quantitative estimate of drug-likeness (QED) is 0.0393. The number of nitrogens with two attached hydrogens (primary N) is 1.